The Morgan fingerprint density at radius 2 is 1.31 bits per heavy atom. The summed E-state index contributed by atoms with van der Waals surface area (Å²) in [7, 11) is 0. The van der Waals surface area contributed by atoms with E-state index in [2.05, 4.69) is 16.0 Å². The van der Waals surface area contributed by atoms with E-state index in [-0.39, 0.29) is 12.2 Å². The lowest BCUT2D eigenvalue weighted by molar-refractivity contribution is -0.143. The van der Waals surface area contributed by atoms with Gasteiger partial charge < -0.3 is 42.1 Å². The van der Waals surface area contributed by atoms with Gasteiger partial charge in [0, 0.05) is 6.42 Å². The molecule has 14 heteroatoms. The molecule has 0 spiro atoms. The number of aliphatic carboxylic acids is 3. The van der Waals surface area contributed by atoms with Gasteiger partial charge in [0.2, 0.25) is 17.7 Å². The Morgan fingerprint density at radius 3 is 1.78 bits per heavy atom. The lowest BCUT2D eigenvalue weighted by Gasteiger charge is -2.26. The van der Waals surface area contributed by atoms with E-state index < -0.39 is 78.6 Å². The second-order valence-electron chi connectivity index (χ2n) is 8.36. The van der Waals surface area contributed by atoms with Crippen molar-refractivity contribution in [3.8, 4) is 5.75 Å². The fourth-order valence-corrected chi connectivity index (χ4v) is 3.06. The molecule has 0 aliphatic rings. The van der Waals surface area contributed by atoms with Crippen molar-refractivity contribution < 1.29 is 49.2 Å². The number of phenolic OH excluding ortho intramolecular Hbond substituents is 1. The van der Waals surface area contributed by atoms with E-state index >= 15 is 0 Å². The zero-order valence-electron chi connectivity index (χ0n) is 19.6. The fourth-order valence-electron chi connectivity index (χ4n) is 3.06. The minimum Gasteiger partial charge on any atom is -0.508 e. The predicted octanol–water partition coefficient (Wildman–Crippen LogP) is -1.59. The predicted molar refractivity (Wildman–Crippen MR) is 123 cm³/mol. The number of carboxylic acids is 3. The number of phenols is 1. The number of aromatic hydroxyl groups is 1. The van der Waals surface area contributed by atoms with E-state index in [0.717, 1.165) is 0 Å². The Balaban J connectivity index is 2.98. The summed E-state index contributed by atoms with van der Waals surface area (Å²) in [5, 5.41) is 43.4. The third-order valence-electron chi connectivity index (χ3n) is 4.98. The quantitative estimate of drug-likeness (QED) is 0.142. The summed E-state index contributed by atoms with van der Waals surface area (Å²) in [6, 6.07) is -0.258. The number of amides is 3. The Bertz CT molecular complexity index is 980. The van der Waals surface area contributed by atoms with Crippen molar-refractivity contribution in [2.75, 3.05) is 0 Å². The molecule has 0 aromatic heterocycles. The van der Waals surface area contributed by atoms with Crippen LogP contribution in [0, 0.1) is 5.92 Å². The van der Waals surface area contributed by atoms with Crippen molar-refractivity contribution in [1.82, 2.24) is 16.0 Å². The van der Waals surface area contributed by atoms with Gasteiger partial charge in [-0.05, 0) is 23.6 Å². The molecule has 4 atom stereocenters. The van der Waals surface area contributed by atoms with Gasteiger partial charge >= 0.3 is 17.9 Å². The molecule has 3 amide bonds. The zero-order chi connectivity index (χ0) is 27.6. The highest BCUT2D eigenvalue weighted by Gasteiger charge is 2.33. The summed E-state index contributed by atoms with van der Waals surface area (Å²) in [5.41, 5.74) is 5.95. The van der Waals surface area contributed by atoms with E-state index in [9.17, 15) is 39.0 Å². The lowest BCUT2D eigenvalue weighted by Crippen LogP contribution is -2.59. The number of nitrogens with two attached hydrogens (primary N) is 1. The average Bonchev–Trinajstić information content (AvgIpc) is 2.76. The normalized spacial score (nSPS) is 14.1. The molecular weight excluding hydrogens is 480 g/mol. The number of carbonyl (C=O) groups excluding carboxylic acids is 3. The van der Waals surface area contributed by atoms with Gasteiger partial charge in [-0.2, -0.15) is 0 Å². The lowest BCUT2D eigenvalue weighted by atomic mass is 10.0. The Morgan fingerprint density at radius 1 is 0.778 bits per heavy atom. The van der Waals surface area contributed by atoms with Crippen LogP contribution in [0.15, 0.2) is 24.3 Å². The average molecular weight is 511 g/mol. The van der Waals surface area contributed by atoms with Crippen molar-refractivity contribution in [3.05, 3.63) is 29.8 Å². The minimum absolute atomic E-state index is 0.0239. The van der Waals surface area contributed by atoms with Gasteiger partial charge in [-0.25, -0.2) is 4.79 Å². The second-order valence-corrected chi connectivity index (χ2v) is 8.36. The van der Waals surface area contributed by atoms with Crippen molar-refractivity contribution in [1.29, 1.82) is 0 Å². The first-order chi connectivity index (χ1) is 16.7. The molecule has 198 valence electrons. The van der Waals surface area contributed by atoms with Crippen molar-refractivity contribution in [2.45, 2.75) is 57.3 Å². The molecule has 0 radical (unpaired) electrons. The minimum atomic E-state index is -1.68. The van der Waals surface area contributed by atoms with Crippen LogP contribution in [0.1, 0.15) is 32.3 Å². The topological polar surface area (TPSA) is 245 Å². The number of hydrogen-bond acceptors (Lipinski definition) is 8. The van der Waals surface area contributed by atoms with Gasteiger partial charge in [0.25, 0.3) is 0 Å². The van der Waals surface area contributed by atoms with Crippen LogP contribution in [-0.4, -0.2) is 80.2 Å². The molecule has 9 N–H and O–H groups in total. The zero-order valence-corrected chi connectivity index (χ0v) is 19.6. The number of nitrogens with one attached hydrogen (secondary N) is 3. The summed E-state index contributed by atoms with van der Waals surface area (Å²) >= 11 is 0. The Hall–Kier alpha value is -4.20. The molecule has 0 aliphatic carbocycles. The number of hydrogen-bond donors (Lipinski definition) is 8. The van der Waals surface area contributed by atoms with Crippen LogP contribution in [0.4, 0.5) is 0 Å². The van der Waals surface area contributed by atoms with Gasteiger partial charge in [0.1, 0.15) is 23.9 Å². The molecule has 0 saturated carbocycles. The van der Waals surface area contributed by atoms with Crippen LogP contribution in [0.2, 0.25) is 0 Å². The molecule has 36 heavy (non-hydrogen) atoms. The van der Waals surface area contributed by atoms with Crippen LogP contribution in [0.5, 0.6) is 5.75 Å². The second kappa shape index (κ2) is 13.6. The van der Waals surface area contributed by atoms with E-state index in [1.165, 1.54) is 24.3 Å². The smallest absolute Gasteiger partial charge is 0.326 e. The van der Waals surface area contributed by atoms with Crippen molar-refractivity contribution in [2.24, 2.45) is 11.7 Å². The maximum atomic E-state index is 12.9. The standard InChI is InChI=1S/C22H30N4O10/c1-10(2)18(21(34)25-15(22(35)36)7-11-3-5-12(27)6-4-11)26-20(33)14(9-17(30)31)24-19(32)13(23)8-16(28)29/h3-6,10,13-15,18,27H,7-9,23H2,1-2H3,(H,24,32)(H,25,34)(H,26,33)(H,28,29)(H,30,31)(H,35,36). The monoisotopic (exact) mass is 510 g/mol. The maximum absolute atomic E-state index is 12.9. The van der Waals surface area contributed by atoms with E-state index in [1.807, 2.05) is 0 Å². The molecule has 0 saturated heterocycles. The Labute approximate surface area is 205 Å². The van der Waals surface area contributed by atoms with Crippen LogP contribution in [0.25, 0.3) is 0 Å². The molecule has 0 fully saturated rings. The third kappa shape index (κ3) is 9.97. The molecule has 0 bridgehead atoms. The molecule has 0 aliphatic heterocycles. The summed E-state index contributed by atoms with van der Waals surface area (Å²) in [6.07, 6.45) is -1.77. The van der Waals surface area contributed by atoms with Gasteiger partial charge in [0.05, 0.1) is 18.9 Å². The Kier molecular flexibility index (Phi) is 11.3. The van der Waals surface area contributed by atoms with Crippen LogP contribution < -0.4 is 21.7 Å². The van der Waals surface area contributed by atoms with Gasteiger partial charge in [-0.15, -0.1) is 0 Å². The first-order valence-electron chi connectivity index (χ1n) is 10.8. The fraction of sp³-hybridized carbons (Fsp3) is 0.455. The highest BCUT2D eigenvalue weighted by molar-refractivity contribution is 5.96. The first-order valence-corrected chi connectivity index (χ1v) is 10.8. The third-order valence-corrected chi connectivity index (χ3v) is 4.98. The molecule has 4 unspecified atom stereocenters. The highest BCUT2D eigenvalue weighted by Crippen LogP contribution is 2.12. The SMILES string of the molecule is CC(C)C(NC(=O)C(CC(=O)O)NC(=O)C(N)CC(=O)O)C(=O)NC(Cc1ccc(O)cc1)C(=O)O. The van der Waals surface area contributed by atoms with Crippen molar-refractivity contribution >= 4 is 35.6 Å². The van der Waals surface area contributed by atoms with E-state index in [1.54, 1.807) is 13.8 Å². The molecule has 1 aromatic rings. The number of rotatable bonds is 14. The van der Waals surface area contributed by atoms with Crippen molar-refractivity contribution in [3.63, 3.8) is 0 Å². The molecule has 1 rings (SSSR count). The van der Waals surface area contributed by atoms with Gasteiger partial charge in [-0.3, -0.25) is 24.0 Å². The molecule has 14 nitrogen and oxygen atoms in total. The molecule has 0 heterocycles. The highest BCUT2D eigenvalue weighted by atomic mass is 16.4. The summed E-state index contributed by atoms with van der Waals surface area (Å²) < 4.78 is 0. The summed E-state index contributed by atoms with van der Waals surface area (Å²) in [5.74, 6) is -7.81. The van der Waals surface area contributed by atoms with Crippen LogP contribution in [0.3, 0.4) is 0 Å². The number of benzene rings is 1. The molecular formula is C22H30N4O10. The summed E-state index contributed by atoms with van der Waals surface area (Å²) in [6.45, 7) is 3.10. The van der Waals surface area contributed by atoms with Crippen LogP contribution in [-0.2, 0) is 35.2 Å². The van der Waals surface area contributed by atoms with E-state index in [4.69, 9.17) is 15.9 Å². The molecule has 1 aromatic carbocycles. The van der Waals surface area contributed by atoms with Crippen LogP contribution >= 0.6 is 0 Å². The van der Waals surface area contributed by atoms with Gasteiger partial charge in [-0.1, -0.05) is 26.0 Å². The largest absolute Gasteiger partial charge is 0.508 e. The number of carbonyl (C=O) groups is 6. The van der Waals surface area contributed by atoms with Gasteiger partial charge in [0.15, 0.2) is 0 Å². The van der Waals surface area contributed by atoms with E-state index in [0.29, 0.717) is 5.56 Å². The number of carboxylic acid groups (broad SMARTS) is 3. The first kappa shape index (κ1) is 29.8. The summed E-state index contributed by atoms with van der Waals surface area (Å²) in [4.78, 5) is 71.4. The maximum Gasteiger partial charge on any atom is 0.326 e.